The number of hydrogen-bond donors (Lipinski definition) is 1. The summed E-state index contributed by atoms with van der Waals surface area (Å²) in [5, 5.41) is 3.01. The van der Waals surface area contributed by atoms with Crippen LogP contribution in [-0.2, 0) is 4.79 Å². The van der Waals surface area contributed by atoms with Gasteiger partial charge in [-0.3, -0.25) is 4.79 Å². The maximum Gasteiger partial charge on any atom is 0.239 e. The van der Waals surface area contributed by atoms with Gasteiger partial charge >= 0.3 is 0 Å². The molecular formula is C11H20N2O. The van der Waals surface area contributed by atoms with Crippen LogP contribution >= 0.6 is 0 Å². The summed E-state index contributed by atoms with van der Waals surface area (Å²) in [5.41, 5.74) is 0.531. The fraction of sp³-hybridized carbons (Fsp3) is 0.909. The molecule has 0 radical (unpaired) electrons. The lowest BCUT2D eigenvalue weighted by atomic mass is 9.68. The van der Waals surface area contributed by atoms with Crippen LogP contribution in [0.2, 0.25) is 0 Å². The highest BCUT2D eigenvalue weighted by Gasteiger charge is 2.44. The highest BCUT2D eigenvalue weighted by molar-refractivity contribution is 5.81. The lowest BCUT2D eigenvalue weighted by molar-refractivity contribution is -0.132. The maximum absolute atomic E-state index is 11.9. The second kappa shape index (κ2) is 3.54. The Labute approximate surface area is 85.8 Å². The van der Waals surface area contributed by atoms with Gasteiger partial charge in [-0.1, -0.05) is 6.42 Å². The molecule has 2 rings (SSSR count). The van der Waals surface area contributed by atoms with Gasteiger partial charge in [0.05, 0.1) is 6.04 Å². The Morgan fingerprint density at radius 1 is 1.43 bits per heavy atom. The van der Waals surface area contributed by atoms with Crippen molar-refractivity contribution in [1.82, 2.24) is 10.2 Å². The van der Waals surface area contributed by atoms with Crippen molar-refractivity contribution in [2.45, 2.75) is 38.6 Å². The molecule has 0 aromatic carbocycles. The lowest BCUT2D eigenvalue weighted by Crippen LogP contribution is -2.44. The number of likely N-dealkylation sites (N-methyl/N-ethyl adjacent to an activating group) is 1. The Kier molecular flexibility index (Phi) is 2.52. The Morgan fingerprint density at radius 3 is 2.57 bits per heavy atom. The van der Waals surface area contributed by atoms with Crippen molar-refractivity contribution in [3.8, 4) is 0 Å². The summed E-state index contributed by atoms with van der Waals surface area (Å²) in [6.45, 7) is 3.93. The van der Waals surface area contributed by atoms with Crippen LogP contribution in [0.3, 0.4) is 0 Å². The predicted octanol–water partition coefficient (Wildman–Crippen LogP) is 0.997. The average molecular weight is 196 g/mol. The van der Waals surface area contributed by atoms with Gasteiger partial charge in [-0.2, -0.15) is 0 Å². The Hall–Kier alpha value is -0.570. The molecule has 1 saturated heterocycles. The Bertz CT molecular complexity index is 235. The van der Waals surface area contributed by atoms with E-state index >= 15 is 0 Å². The minimum atomic E-state index is -0.0229. The second-order valence-corrected chi connectivity index (χ2v) is 4.87. The van der Waals surface area contributed by atoms with Gasteiger partial charge in [-0.25, -0.2) is 0 Å². The van der Waals surface area contributed by atoms with Crippen LogP contribution in [0.1, 0.15) is 32.6 Å². The molecule has 1 aliphatic heterocycles. The predicted molar refractivity (Wildman–Crippen MR) is 56.0 cm³/mol. The van der Waals surface area contributed by atoms with Gasteiger partial charge < -0.3 is 10.2 Å². The Balaban J connectivity index is 1.91. The van der Waals surface area contributed by atoms with E-state index in [1.165, 1.54) is 25.7 Å². The highest BCUT2D eigenvalue weighted by Crippen LogP contribution is 2.47. The minimum Gasteiger partial charge on any atom is -0.341 e. The SMILES string of the molecule is CN[C@@H](C)C(=O)N1CCC2(CCC2)C1. The topological polar surface area (TPSA) is 32.3 Å². The molecule has 1 N–H and O–H groups in total. The summed E-state index contributed by atoms with van der Waals surface area (Å²) in [5.74, 6) is 0.274. The van der Waals surface area contributed by atoms with Crippen LogP contribution < -0.4 is 5.32 Å². The highest BCUT2D eigenvalue weighted by atomic mass is 16.2. The normalized spacial score (nSPS) is 26.3. The van der Waals surface area contributed by atoms with E-state index < -0.39 is 0 Å². The van der Waals surface area contributed by atoms with Crippen LogP contribution in [0.25, 0.3) is 0 Å². The van der Waals surface area contributed by atoms with E-state index in [-0.39, 0.29) is 11.9 Å². The van der Waals surface area contributed by atoms with Crippen LogP contribution in [0, 0.1) is 5.41 Å². The number of likely N-dealkylation sites (tertiary alicyclic amines) is 1. The van der Waals surface area contributed by atoms with Gasteiger partial charge in [0.2, 0.25) is 5.91 Å². The quantitative estimate of drug-likeness (QED) is 0.714. The number of hydrogen-bond acceptors (Lipinski definition) is 2. The molecule has 14 heavy (non-hydrogen) atoms. The standard InChI is InChI=1S/C11H20N2O/c1-9(12-2)10(14)13-7-6-11(8-13)4-3-5-11/h9,12H,3-8H2,1-2H3/t9-/m0/s1. The van der Waals surface area contributed by atoms with Crippen molar-refractivity contribution in [1.29, 1.82) is 0 Å². The van der Waals surface area contributed by atoms with E-state index in [9.17, 15) is 4.79 Å². The molecule has 1 atom stereocenters. The maximum atomic E-state index is 11.9. The summed E-state index contributed by atoms with van der Waals surface area (Å²) in [6, 6.07) is -0.0229. The van der Waals surface area contributed by atoms with E-state index in [1.807, 2.05) is 18.9 Å². The molecule has 3 heteroatoms. The number of rotatable bonds is 2. The zero-order valence-electron chi connectivity index (χ0n) is 9.18. The zero-order chi connectivity index (χ0) is 10.2. The van der Waals surface area contributed by atoms with Crippen molar-refractivity contribution in [3.05, 3.63) is 0 Å². The minimum absolute atomic E-state index is 0.0229. The van der Waals surface area contributed by atoms with Gasteiger partial charge in [0.15, 0.2) is 0 Å². The molecule has 1 heterocycles. The first kappa shape index (κ1) is 9.97. The van der Waals surface area contributed by atoms with Gasteiger partial charge in [0.1, 0.15) is 0 Å². The number of nitrogens with zero attached hydrogens (tertiary/aromatic N) is 1. The number of carbonyl (C=O) groups is 1. The summed E-state index contributed by atoms with van der Waals surface area (Å²) < 4.78 is 0. The van der Waals surface area contributed by atoms with E-state index in [2.05, 4.69) is 5.32 Å². The molecule has 1 amide bonds. The van der Waals surface area contributed by atoms with Gasteiger partial charge in [0, 0.05) is 13.1 Å². The zero-order valence-corrected chi connectivity index (χ0v) is 9.18. The van der Waals surface area contributed by atoms with Crippen LogP contribution in [0.4, 0.5) is 0 Å². The third-order valence-corrected chi connectivity index (χ3v) is 3.97. The van der Waals surface area contributed by atoms with E-state index in [0.717, 1.165) is 13.1 Å². The average Bonchev–Trinajstić information content (AvgIpc) is 2.59. The molecule has 80 valence electrons. The molecule has 2 aliphatic rings. The molecule has 3 nitrogen and oxygen atoms in total. The molecule has 0 aromatic heterocycles. The van der Waals surface area contributed by atoms with Gasteiger partial charge in [-0.15, -0.1) is 0 Å². The number of carbonyl (C=O) groups excluding carboxylic acids is 1. The van der Waals surface area contributed by atoms with Crippen molar-refractivity contribution in [2.75, 3.05) is 20.1 Å². The summed E-state index contributed by atoms with van der Waals surface area (Å²) in [4.78, 5) is 13.9. The van der Waals surface area contributed by atoms with Crippen molar-refractivity contribution in [2.24, 2.45) is 5.41 Å². The van der Waals surface area contributed by atoms with Crippen molar-refractivity contribution < 1.29 is 4.79 Å². The fourth-order valence-electron chi connectivity index (χ4n) is 2.61. The molecule has 0 aromatic rings. The molecule has 2 fully saturated rings. The smallest absolute Gasteiger partial charge is 0.239 e. The molecule has 1 spiro atoms. The van der Waals surface area contributed by atoms with Gasteiger partial charge in [0.25, 0.3) is 0 Å². The first-order chi connectivity index (χ1) is 6.67. The number of nitrogens with one attached hydrogen (secondary N) is 1. The molecule has 0 unspecified atom stereocenters. The first-order valence-electron chi connectivity index (χ1n) is 5.63. The van der Waals surface area contributed by atoms with E-state index in [4.69, 9.17) is 0 Å². The molecule has 1 aliphatic carbocycles. The largest absolute Gasteiger partial charge is 0.341 e. The summed E-state index contributed by atoms with van der Waals surface area (Å²) >= 11 is 0. The summed E-state index contributed by atoms with van der Waals surface area (Å²) in [6.07, 6.45) is 5.27. The van der Waals surface area contributed by atoms with Crippen molar-refractivity contribution >= 4 is 5.91 Å². The fourth-order valence-corrected chi connectivity index (χ4v) is 2.61. The van der Waals surface area contributed by atoms with Crippen LogP contribution in [0.5, 0.6) is 0 Å². The van der Waals surface area contributed by atoms with Crippen LogP contribution in [0.15, 0.2) is 0 Å². The van der Waals surface area contributed by atoms with Gasteiger partial charge in [-0.05, 0) is 38.6 Å². The third-order valence-electron chi connectivity index (χ3n) is 3.97. The molecular weight excluding hydrogens is 176 g/mol. The first-order valence-corrected chi connectivity index (χ1v) is 5.63. The second-order valence-electron chi connectivity index (χ2n) is 4.87. The monoisotopic (exact) mass is 196 g/mol. The Morgan fingerprint density at radius 2 is 2.14 bits per heavy atom. The van der Waals surface area contributed by atoms with E-state index in [1.54, 1.807) is 0 Å². The van der Waals surface area contributed by atoms with Crippen LogP contribution in [-0.4, -0.2) is 37.0 Å². The molecule has 1 saturated carbocycles. The third kappa shape index (κ3) is 1.54. The number of amides is 1. The molecule has 0 bridgehead atoms. The van der Waals surface area contributed by atoms with E-state index in [0.29, 0.717) is 5.41 Å². The lowest BCUT2D eigenvalue weighted by Gasteiger charge is -2.38. The summed E-state index contributed by atoms with van der Waals surface area (Å²) in [7, 11) is 1.84. The van der Waals surface area contributed by atoms with Crippen molar-refractivity contribution in [3.63, 3.8) is 0 Å².